The molecule has 0 aromatic heterocycles. The van der Waals surface area contributed by atoms with Crippen LogP contribution in [0.2, 0.25) is 0 Å². The van der Waals surface area contributed by atoms with Gasteiger partial charge in [0.1, 0.15) is 0 Å². The molecule has 0 amide bonds. The van der Waals surface area contributed by atoms with Crippen LogP contribution in [0.5, 0.6) is 0 Å². The minimum Gasteiger partial charge on any atom is 0 e. The van der Waals surface area contributed by atoms with E-state index in [9.17, 15) is 0 Å². The second-order valence-corrected chi connectivity index (χ2v) is 0. The molecule has 0 atom stereocenters. The average molecular weight is 564 g/mol. The minimum atomic E-state index is 0. The van der Waals surface area contributed by atoms with E-state index in [1.165, 1.54) is 0 Å². The summed E-state index contributed by atoms with van der Waals surface area (Å²) >= 11 is 0. The molecule has 0 bridgehead atoms. The van der Waals surface area contributed by atoms with Crippen LogP contribution in [0.25, 0.3) is 0 Å². The Morgan fingerprint density at radius 2 is 0.222 bits per heavy atom. The van der Waals surface area contributed by atoms with E-state index >= 15 is 0 Å². The fourth-order valence-electron chi connectivity index (χ4n) is 0. The van der Waals surface area contributed by atoms with Gasteiger partial charge in [-0.2, -0.15) is 0 Å². The Hall–Kier alpha value is 6.55. The van der Waals surface area contributed by atoms with Crippen LogP contribution < -0.4 is 0 Å². The molecule has 0 unspecified atom stereocenters. The van der Waals surface area contributed by atoms with E-state index < -0.39 is 0 Å². The van der Waals surface area contributed by atoms with Gasteiger partial charge in [-0.05, 0) is 0 Å². The molecule has 9 heteroatoms. The van der Waals surface area contributed by atoms with E-state index in [1.807, 2.05) is 0 Å². The summed E-state index contributed by atoms with van der Waals surface area (Å²) in [4.78, 5) is 0. The average Bonchev–Trinajstić information content (AvgIpc) is 0. The van der Waals surface area contributed by atoms with E-state index in [0.717, 1.165) is 0 Å². The Balaban J connectivity index is 0. The summed E-state index contributed by atoms with van der Waals surface area (Å²) in [6, 6.07) is 0. The van der Waals surface area contributed by atoms with Crippen molar-refractivity contribution in [2.24, 2.45) is 0 Å². The van der Waals surface area contributed by atoms with E-state index in [0.29, 0.717) is 0 Å². The van der Waals surface area contributed by atoms with Gasteiger partial charge >= 0.3 is 0 Å². The first kappa shape index (κ1) is 76.8. The third-order valence-electron chi connectivity index (χ3n) is 0. The van der Waals surface area contributed by atoms with Crippen molar-refractivity contribution in [3.05, 3.63) is 0 Å². The number of rotatable bonds is 0. The van der Waals surface area contributed by atoms with Crippen molar-refractivity contribution >= 4 is 69.4 Å². The maximum atomic E-state index is 0. The van der Waals surface area contributed by atoms with Gasteiger partial charge in [-0.15, -0.1) is 0 Å². The maximum absolute atomic E-state index is 0. The zero-order valence-corrected chi connectivity index (χ0v) is 21.7. The molecule has 0 nitrogen and oxygen atoms in total. The first-order valence-corrected chi connectivity index (χ1v) is 0. The summed E-state index contributed by atoms with van der Waals surface area (Å²) in [7, 11) is 0. The van der Waals surface area contributed by atoms with Crippen molar-refractivity contribution in [1.82, 2.24) is 0 Å². The van der Waals surface area contributed by atoms with Crippen LogP contribution in [-0.4, -0.2) is 69.4 Å². The third-order valence-corrected chi connectivity index (χ3v) is 0. The third kappa shape index (κ3) is 53.4. The van der Waals surface area contributed by atoms with Crippen LogP contribution in [-0.2, 0) is 131 Å². The molecule has 32 valence electrons. The zero-order valence-electron chi connectivity index (χ0n) is 4.81. The molecule has 0 heterocycles. The monoisotopic (exact) mass is 557 g/mol. The van der Waals surface area contributed by atoms with Crippen LogP contribution in [0.3, 0.4) is 0 Å². The van der Waals surface area contributed by atoms with E-state index in [2.05, 4.69) is 0 Å². The van der Waals surface area contributed by atoms with Gasteiger partial charge in [0.25, 0.3) is 0 Å². The molecule has 0 aromatic carbocycles. The molecule has 12 radical (unpaired) electrons. The molecule has 0 aliphatic heterocycles. The van der Waals surface area contributed by atoms with Crippen molar-refractivity contribution in [3.63, 3.8) is 0 Å². The molecule has 0 aliphatic rings. The molecule has 0 saturated heterocycles. The van der Waals surface area contributed by atoms with Gasteiger partial charge in [-0.1, -0.05) is 0 Å². The molecule has 0 fully saturated rings. The Kier molecular flexibility index (Phi) is 531. The Labute approximate surface area is 195 Å². The summed E-state index contributed by atoms with van der Waals surface area (Å²) in [6.45, 7) is 0. The van der Waals surface area contributed by atoms with Crippen LogP contribution in [0.15, 0.2) is 0 Å². The predicted octanol–water partition coefficient (Wildman–Crippen LogP) is -1.54. The molecule has 0 saturated carbocycles. The van der Waals surface area contributed by atoms with Gasteiger partial charge in [-0.25, -0.2) is 0 Å². The summed E-state index contributed by atoms with van der Waals surface area (Å²) in [5, 5.41) is 0. The van der Waals surface area contributed by atoms with E-state index in [-0.39, 0.29) is 200 Å². The van der Waals surface area contributed by atoms with Crippen molar-refractivity contribution in [2.75, 3.05) is 0 Å². The predicted molar refractivity (Wildman–Crippen MR) is 23.0 cm³/mol. The molecule has 0 N–H and O–H groups in total. The van der Waals surface area contributed by atoms with Gasteiger partial charge in [-0.3, -0.25) is 0 Å². The Morgan fingerprint density at radius 1 is 0.222 bits per heavy atom. The molecular weight excluding hydrogens is 564 g/mol. The molecule has 0 aromatic rings. The second kappa shape index (κ2) is 62.3. The Morgan fingerprint density at radius 3 is 0.222 bits per heavy atom. The summed E-state index contributed by atoms with van der Waals surface area (Å²) in [5.74, 6) is 0. The first-order valence-electron chi connectivity index (χ1n) is 0. The maximum Gasteiger partial charge on any atom is 0 e. The molecule has 0 aliphatic carbocycles. The fourth-order valence-corrected chi connectivity index (χ4v) is 0. The van der Waals surface area contributed by atoms with Crippen molar-refractivity contribution in [3.8, 4) is 0 Å². The van der Waals surface area contributed by atoms with Crippen LogP contribution in [0.1, 0.15) is 0 Å². The van der Waals surface area contributed by atoms with Gasteiger partial charge in [0.2, 0.25) is 0 Å². The quantitative estimate of drug-likeness (QED) is 0.314. The van der Waals surface area contributed by atoms with E-state index in [1.54, 1.807) is 0 Å². The minimum absolute atomic E-state index is 0. The van der Waals surface area contributed by atoms with Crippen molar-refractivity contribution in [1.29, 1.82) is 0 Å². The van der Waals surface area contributed by atoms with Crippen LogP contribution >= 0.6 is 0 Å². The van der Waals surface area contributed by atoms with Gasteiger partial charge < -0.3 is 0 Å². The fraction of sp³-hybridized carbons (Fsp3) is 0. The van der Waals surface area contributed by atoms with Gasteiger partial charge in [0, 0.05) is 200 Å². The zero-order chi connectivity index (χ0) is 0. The van der Waals surface area contributed by atoms with Crippen LogP contribution in [0.4, 0.5) is 0 Å². The largest absolute Gasteiger partial charge is 0 e. The van der Waals surface area contributed by atoms with Crippen molar-refractivity contribution < 1.29 is 131 Å². The molecular formula is Al4Zr5. The standard InChI is InChI=1S/4Al.5Zr. The molecule has 9 heavy (non-hydrogen) atoms. The SMILES string of the molecule is [Al].[Al].[Al].[Al].[Zr].[Zr].[Zr].[Zr].[Zr]. The van der Waals surface area contributed by atoms with E-state index in [4.69, 9.17) is 0 Å². The smallest absolute Gasteiger partial charge is 0 e. The van der Waals surface area contributed by atoms with Gasteiger partial charge in [0.15, 0.2) is 0 Å². The van der Waals surface area contributed by atoms with Gasteiger partial charge in [0.05, 0.1) is 0 Å². The Bertz CT molecular complexity index is 8.92. The summed E-state index contributed by atoms with van der Waals surface area (Å²) in [5.41, 5.74) is 0. The molecule has 0 spiro atoms. The topological polar surface area (TPSA) is 0 Å². The normalized spacial score (nSPS) is 0. The second-order valence-electron chi connectivity index (χ2n) is 0. The number of hydrogen-bond donors (Lipinski definition) is 0. The van der Waals surface area contributed by atoms with Crippen molar-refractivity contribution in [2.45, 2.75) is 0 Å². The summed E-state index contributed by atoms with van der Waals surface area (Å²) < 4.78 is 0. The molecule has 0 rings (SSSR count). The van der Waals surface area contributed by atoms with Crippen LogP contribution in [0, 0.1) is 0 Å². The summed E-state index contributed by atoms with van der Waals surface area (Å²) in [6.07, 6.45) is 0. The first-order chi connectivity index (χ1) is 0. The number of hydrogen-bond acceptors (Lipinski definition) is 0.